The number of benzene rings is 1. The molecule has 0 atom stereocenters. The molecule has 0 fully saturated rings. The lowest BCUT2D eigenvalue weighted by atomic mass is 9.85. The van der Waals surface area contributed by atoms with Crippen molar-refractivity contribution >= 4 is 16.9 Å². The summed E-state index contributed by atoms with van der Waals surface area (Å²) in [5.74, 6) is -0.185. The second-order valence-corrected chi connectivity index (χ2v) is 5.59. The maximum absolute atomic E-state index is 11.7. The van der Waals surface area contributed by atoms with Crippen LogP contribution in [0.1, 0.15) is 25.0 Å². The fourth-order valence-corrected chi connectivity index (χ4v) is 2.26. The Hall–Kier alpha value is -1.90. The Morgan fingerprint density at radius 3 is 2.74 bits per heavy atom. The van der Waals surface area contributed by atoms with E-state index in [1.54, 1.807) is 0 Å². The van der Waals surface area contributed by atoms with Gasteiger partial charge in [-0.25, -0.2) is 0 Å². The molecule has 3 heteroatoms. The molecule has 0 spiro atoms. The normalized spacial score (nSPS) is 11.6. The Balaban J connectivity index is 2.33. The molecule has 0 aliphatic rings. The smallest absolute Gasteiger partial charge is 0.311 e. The van der Waals surface area contributed by atoms with Gasteiger partial charge in [0.1, 0.15) is 0 Å². The molecule has 0 saturated heterocycles. The Kier molecular flexibility index (Phi) is 3.56. The van der Waals surface area contributed by atoms with Gasteiger partial charge in [-0.2, -0.15) is 0 Å². The number of carbonyl (C=O) groups is 1. The highest BCUT2D eigenvalue weighted by atomic mass is 16.5. The molecule has 0 aliphatic heterocycles. The molecule has 3 nitrogen and oxygen atoms in total. The van der Waals surface area contributed by atoms with Crippen molar-refractivity contribution in [2.75, 3.05) is 7.11 Å². The number of aryl methyl sites for hydroxylation is 1. The van der Waals surface area contributed by atoms with Crippen molar-refractivity contribution in [3.63, 3.8) is 0 Å². The molecule has 19 heavy (non-hydrogen) atoms. The average Bonchev–Trinajstić information content (AvgIpc) is 2.36. The number of methoxy groups -OCH3 is 1. The number of hydrogen-bond donors (Lipinski definition) is 0. The van der Waals surface area contributed by atoms with Gasteiger partial charge in [0.25, 0.3) is 0 Å². The van der Waals surface area contributed by atoms with E-state index in [9.17, 15) is 4.79 Å². The van der Waals surface area contributed by atoms with Gasteiger partial charge in [0, 0.05) is 11.6 Å². The number of ether oxygens (including phenoxy) is 1. The first-order chi connectivity index (χ1) is 8.92. The molecular formula is C16H19NO2. The molecule has 0 bridgehead atoms. The number of nitrogens with zero attached hydrogens (tertiary/aromatic N) is 1. The van der Waals surface area contributed by atoms with E-state index in [1.165, 1.54) is 7.11 Å². The summed E-state index contributed by atoms with van der Waals surface area (Å²) < 4.78 is 4.84. The standard InChI is InChI=1S/C16H19NO2/c1-11-7-13-8-12(5-6-14(13)17-10-11)9-16(2,3)15(18)19-4/h5-8,10H,9H2,1-4H3. The van der Waals surface area contributed by atoms with Crippen molar-refractivity contribution in [1.82, 2.24) is 4.98 Å². The van der Waals surface area contributed by atoms with Crippen molar-refractivity contribution in [3.05, 3.63) is 41.6 Å². The number of hydrogen-bond acceptors (Lipinski definition) is 3. The second-order valence-electron chi connectivity index (χ2n) is 5.59. The molecule has 0 unspecified atom stereocenters. The minimum atomic E-state index is -0.514. The van der Waals surface area contributed by atoms with Crippen LogP contribution in [0.15, 0.2) is 30.5 Å². The highest BCUT2D eigenvalue weighted by molar-refractivity contribution is 5.80. The highest BCUT2D eigenvalue weighted by Crippen LogP contribution is 2.25. The van der Waals surface area contributed by atoms with Crippen molar-refractivity contribution in [2.24, 2.45) is 5.41 Å². The van der Waals surface area contributed by atoms with E-state index in [-0.39, 0.29) is 5.97 Å². The molecule has 0 N–H and O–H groups in total. The third-order valence-electron chi connectivity index (χ3n) is 3.27. The van der Waals surface area contributed by atoms with Crippen molar-refractivity contribution in [3.8, 4) is 0 Å². The van der Waals surface area contributed by atoms with Crippen LogP contribution in [0.2, 0.25) is 0 Å². The minimum absolute atomic E-state index is 0.185. The molecule has 0 saturated carbocycles. The van der Waals surface area contributed by atoms with E-state index in [1.807, 2.05) is 39.1 Å². The Morgan fingerprint density at radius 2 is 2.05 bits per heavy atom. The zero-order valence-corrected chi connectivity index (χ0v) is 11.9. The molecule has 0 amide bonds. The van der Waals surface area contributed by atoms with Crippen molar-refractivity contribution in [1.29, 1.82) is 0 Å². The van der Waals surface area contributed by atoms with Gasteiger partial charge >= 0.3 is 5.97 Å². The predicted octanol–water partition coefficient (Wildman–Crippen LogP) is 3.28. The Bertz CT molecular complexity index is 617. The van der Waals surface area contributed by atoms with Crippen LogP contribution in [0, 0.1) is 12.3 Å². The number of pyridine rings is 1. The van der Waals surface area contributed by atoms with Gasteiger partial charge in [0.05, 0.1) is 18.0 Å². The fraction of sp³-hybridized carbons (Fsp3) is 0.375. The van der Waals surface area contributed by atoms with Gasteiger partial charge in [-0.3, -0.25) is 9.78 Å². The fourth-order valence-electron chi connectivity index (χ4n) is 2.26. The Labute approximate surface area is 113 Å². The first-order valence-corrected chi connectivity index (χ1v) is 6.36. The number of esters is 1. The first-order valence-electron chi connectivity index (χ1n) is 6.36. The molecule has 1 aromatic heterocycles. The van der Waals surface area contributed by atoms with Crippen LogP contribution in [-0.4, -0.2) is 18.1 Å². The lowest BCUT2D eigenvalue weighted by Crippen LogP contribution is -2.27. The minimum Gasteiger partial charge on any atom is -0.469 e. The van der Waals surface area contributed by atoms with Gasteiger partial charge in [0.15, 0.2) is 0 Å². The summed E-state index contributed by atoms with van der Waals surface area (Å²) in [6.07, 6.45) is 2.52. The van der Waals surface area contributed by atoms with Crippen LogP contribution in [0.5, 0.6) is 0 Å². The van der Waals surface area contributed by atoms with E-state index in [4.69, 9.17) is 4.74 Å². The van der Waals surface area contributed by atoms with Crippen LogP contribution in [0.4, 0.5) is 0 Å². The largest absolute Gasteiger partial charge is 0.469 e. The van der Waals surface area contributed by atoms with Crippen LogP contribution in [0.3, 0.4) is 0 Å². The highest BCUT2D eigenvalue weighted by Gasteiger charge is 2.28. The van der Waals surface area contributed by atoms with Crippen molar-refractivity contribution < 1.29 is 9.53 Å². The molecule has 100 valence electrons. The van der Waals surface area contributed by atoms with E-state index in [2.05, 4.69) is 17.1 Å². The topological polar surface area (TPSA) is 39.2 Å². The first kappa shape index (κ1) is 13.5. The van der Waals surface area contributed by atoms with Gasteiger partial charge in [-0.05, 0) is 56.5 Å². The molecular weight excluding hydrogens is 238 g/mol. The zero-order chi connectivity index (χ0) is 14.0. The van der Waals surface area contributed by atoms with E-state index >= 15 is 0 Å². The summed E-state index contributed by atoms with van der Waals surface area (Å²) >= 11 is 0. The molecule has 1 heterocycles. The lowest BCUT2D eigenvalue weighted by Gasteiger charge is -2.21. The second kappa shape index (κ2) is 5.00. The summed E-state index contributed by atoms with van der Waals surface area (Å²) in [6.45, 7) is 5.83. The number of aromatic nitrogens is 1. The van der Waals surface area contributed by atoms with Crippen LogP contribution >= 0.6 is 0 Å². The predicted molar refractivity (Wildman–Crippen MR) is 76.0 cm³/mol. The van der Waals surface area contributed by atoms with Crippen LogP contribution in [-0.2, 0) is 16.0 Å². The third kappa shape index (κ3) is 2.92. The van der Waals surface area contributed by atoms with Crippen LogP contribution < -0.4 is 0 Å². The van der Waals surface area contributed by atoms with Gasteiger partial charge < -0.3 is 4.74 Å². The summed E-state index contributed by atoms with van der Waals surface area (Å²) in [7, 11) is 1.43. The van der Waals surface area contributed by atoms with Gasteiger partial charge in [-0.1, -0.05) is 6.07 Å². The summed E-state index contributed by atoms with van der Waals surface area (Å²) in [4.78, 5) is 16.1. The molecule has 0 aliphatic carbocycles. The number of rotatable bonds is 3. The maximum Gasteiger partial charge on any atom is 0.311 e. The van der Waals surface area contributed by atoms with E-state index < -0.39 is 5.41 Å². The molecule has 0 radical (unpaired) electrons. The summed E-state index contributed by atoms with van der Waals surface area (Å²) in [5.41, 5.74) is 2.72. The number of fused-ring (bicyclic) bond motifs is 1. The van der Waals surface area contributed by atoms with Crippen LogP contribution in [0.25, 0.3) is 10.9 Å². The van der Waals surface area contributed by atoms with Gasteiger partial charge in [-0.15, -0.1) is 0 Å². The van der Waals surface area contributed by atoms with E-state index in [0.717, 1.165) is 22.0 Å². The SMILES string of the molecule is COC(=O)C(C)(C)Cc1ccc2ncc(C)cc2c1. The van der Waals surface area contributed by atoms with E-state index in [0.29, 0.717) is 6.42 Å². The maximum atomic E-state index is 11.7. The quantitative estimate of drug-likeness (QED) is 0.792. The average molecular weight is 257 g/mol. The monoisotopic (exact) mass is 257 g/mol. The Morgan fingerprint density at radius 1 is 1.32 bits per heavy atom. The third-order valence-corrected chi connectivity index (χ3v) is 3.27. The molecule has 2 aromatic rings. The number of carbonyl (C=O) groups excluding carboxylic acids is 1. The molecule has 2 rings (SSSR count). The molecule has 1 aromatic carbocycles. The van der Waals surface area contributed by atoms with Gasteiger partial charge in [0.2, 0.25) is 0 Å². The summed E-state index contributed by atoms with van der Waals surface area (Å²) in [6, 6.07) is 8.23. The van der Waals surface area contributed by atoms with Crippen molar-refractivity contribution in [2.45, 2.75) is 27.2 Å². The summed E-state index contributed by atoms with van der Waals surface area (Å²) in [5, 5.41) is 1.11. The lowest BCUT2D eigenvalue weighted by molar-refractivity contribution is -0.150. The zero-order valence-electron chi connectivity index (χ0n) is 11.9.